The molecular weight excluding hydrogens is 512 g/mol. The lowest BCUT2D eigenvalue weighted by Gasteiger charge is -2.33. The van der Waals surface area contributed by atoms with Gasteiger partial charge < -0.3 is 20.6 Å². The Balaban J connectivity index is 1.86. The second-order valence-corrected chi connectivity index (χ2v) is 10.4. The van der Waals surface area contributed by atoms with Crippen LogP contribution in [0.25, 0.3) is 0 Å². The molecule has 218 valence electrons. The van der Waals surface area contributed by atoms with E-state index >= 15 is 0 Å². The number of carbonyl (C=O) groups excluding carboxylic acids is 3. The molecule has 4 N–H and O–H groups in total. The quantitative estimate of drug-likeness (QED) is 0.154. The number of nitrogens with zero attached hydrogens (tertiary/aromatic N) is 3. The molecule has 0 aromatic carbocycles. The summed E-state index contributed by atoms with van der Waals surface area (Å²) >= 11 is 0. The van der Waals surface area contributed by atoms with E-state index in [1.807, 2.05) is 0 Å². The third-order valence-corrected chi connectivity index (χ3v) is 7.32. The fourth-order valence-electron chi connectivity index (χ4n) is 5.00. The van der Waals surface area contributed by atoms with E-state index in [2.05, 4.69) is 5.32 Å². The number of carbonyl (C=O) groups is 6. The standard InChI is InChI=1S/C26H40N4O9/c1-26(20(31)7-8-21(26)32)9-4-6-22(33)27-10-3-2-5-19-15-29(17-24(36)37)12-11-28(16-23(34)35)13-14-30(19)18-25(38)39/h7-8,19H,2-6,9-18H2,1H3,(H,27,33)(H,34,35)(H,36,37)(H,38,39). The highest BCUT2D eigenvalue weighted by atomic mass is 16.4. The Labute approximate surface area is 227 Å². The van der Waals surface area contributed by atoms with Gasteiger partial charge in [-0.2, -0.15) is 0 Å². The van der Waals surface area contributed by atoms with Gasteiger partial charge in [0, 0.05) is 51.7 Å². The first-order chi connectivity index (χ1) is 18.4. The lowest BCUT2D eigenvalue weighted by Crippen LogP contribution is -2.48. The Hall–Kier alpha value is -3.16. The average Bonchev–Trinajstić information content (AvgIpc) is 3.12. The van der Waals surface area contributed by atoms with Gasteiger partial charge in [-0.05, 0) is 44.8 Å². The van der Waals surface area contributed by atoms with Crippen molar-refractivity contribution in [3.8, 4) is 0 Å². The van der Waals surface area contributed by atoms with Gasteiger partial charge in [-0.1, -0.05) is 6.42 Å². The first-order valence-corrected chi connectivity index (χ1v) is 13.3. The normalized spacial score (nSPS) is 20.8. The molecule has 1 fully saturated rings. The van der Waals surface area contributed by atoms with Crippen molar-refractivity contribution in [3.63, 3.8) is 0 Å². The summed E-state index contributed by atoms with van der Waals surface area (Å²) in [6.45, 7) is 3.03. The van der Waals surface area contributed by atoms with E-state index in [4.69, 9.17) is 0 Å². The van der Waals surface area contributed by atoms with Crippen LogP contribution in [0.2, 0.25) is 0 Å². The van der Waals surface area contributed by atoms with Gasteiger partial charge >= 0.3 is 17.9 Å². The zero-order valence-corrected chi connectivity index (χ0v) is 22.5. The molecule has 0 bridgehead atoms. The number of rotatable bonds is 15. The largest absolute Gasteiger partial charge is 0.480 e. The maximum absolute atomic E-state index is 12.2. The van der Waals surface area contributed by atoms with Gasteiger partial charge in [0.1, 0.15) is 0 Å². The maximum atomic E-state index is 12.2. The molecule has 1 saturated heterocycles. The summed E-state index contributed by atoms with van der Waals surface area (Å²) in [5, 5.41) is 30.8. The lowest BCUT2D eigenvalue weighted by molar-refractivity contribution is -0.140. The third-order valence-electron chi connectivity index (χ3n) is 7.32. The van der Waals surface area contributed by atoms with Gasteiger partial charge in [0.05, 0.1) is 25.0 Å². The Morgan fingerprint density at radius 1 is 0.846 bits per heavy atom. The molecular formula is C26H40N4O9. The second kappa shape index (κ2) is 15.4. The Bertz CT molecular complexity index is 934. The molecule has 2 aliphatic rings. The summed E-state index contributed by atoms with van der Waals surface area (Å²) < 4.78 is 0. The molecule has 1 atom stereocenters. The predicted molar refractivity (Wildman–Crippen MR) is 139 cm³/mol. The van der Waals surface area contributed by atoms with Crippen LogP contribution in [0, 0.1) is 5.41 Å². The predicted octanol–water partition coefficient (Wildman–Crippen LogP) is -0.300. The number of nitrogens with one attached hydrogen (secondary N) is 1. The van der Waals surface area contributed by atoms with Crippen molar-refractivity contribution in [2.24, 2.45) is 5.41 Å². The molecule has 13 heteroatoms. The number of carboxylic acids is 3. The summed E-state index contributed by atoms with van der Waals surface area (Å²) in [4.78, 5) is 75.4. The first kappa shape index (κ1) is 32.1. The van der Waals surface area contributed by atoms with Gasteiger partial charge in [0.25, 0.3) is 0 Å². The van der Waals surface area contributed by atoms with E-state index in [1.165, 1.54) is 12.2 Å². The van der Waals surface area contributed by atoms with E-state index in [0.29, 0.717) is 71.4 Å². The van der Waals surface area contributed by atoms with Crippen LogP contribution in [-0.4, -0.2) is 130 Å². The summed E-state index contributed by atoms with van der Waals surface area (Å²) in [6, 6.07) is -0.253. The van der Waals surface area contributed by atoms with Gasteiger partial charge in [-0.25, -0.2) is 0 Å². The van der Waals surface area contributed by atoms with Crippen molar-refractivity contribution >= 4 is 35.4 Å². The molecule has 1 aliphatic carbocycles. The Morgan fingerprint density at radius 2 is 1.41 bits per heavy atom. The van der Waals surface area contributed by atoms with Crippen LogP contribution in [0.4, 0.5) is 0 Å². The highest BCUT2D eigenvalue weighted by molar-refractivity contribution is 6.22. The molecule has 1 aliphatic heterocycles. The fraction of sp³-hybridized carbons (Fsp3) is 0.692. The minimum absolute atomic E-state index is 0.175. The number of ketones is 2. The van der Waals surface area contributed by atoms with Crippen molar-refractivity contribution in [2.45, 2.75) is 51.5 Å². The SMILES string of the molecule is CC1(CCCC(=O)NCCCCC2CN(CC(=O)O)CCN(CC(=O)O)CCN2CC(=O)O)C(=O)C=CC1=O. The monoisotopic (exact) mass is 552 g/mol. The minimum Gasteiger partial charge on any atom is -0.480 e. The van der Waals surface area contributed by atoms with Crippen LogP contribution in [0.1, 0.15) is 45.4 Å². The van der Waals surface area contributed by atoms with Crippen LogP contribution in [0.3, 0.4) is 0 Å². The molecule has 0 aromatic rings. The maximum Gasteiger partial charge on any atom is 0.317 e. The van der Waals surface area contributed by atoms with Crippen LogP contribution in [-0.2, 0) is 28.8 Å². The molecule has 1 heterocycles. The number of hydrogen-bond acceptors (Lipinski definition) is 9. The minimum atomic E-state index is -1.07. The number of amides is 1. The van der Waals surface area contributed by atoms with Crippen LogP contribution in [0.5, 0.6) is 0 Å². The number of hydrogen-bond donors (Lipinski definition) is 4. The molecule has 0 saturated carbocycles. The molecule has 0 aromatic heterocycles. The van der Waals surface area contributed by atoms with Crippen LogP contribution >= 0.6 is 0 Å². The second-order valence-electron chi connectivity index (χ2n) is 10.4. The molecule has 2 rings (SSSR count). The average molecular weight is 553 g/mol. The van der Waals surface area contributed by atoms with Crippen molar-refractivity contribution in [2.75, 3.05) is 58.9 Å². The number of allylic oxidation sites excluding steroid dienone is 2. The van der Waals surface area contributed by atoms with Crippen molar-refractivity contribution in [1.82, 2.24) is 20.0 Å². The smallest absolute Gasteiger partial charge is 0.317 e. The molecule has 39 heavy (non-hydrogen) atoms. The zero-order valence-electron chi connectivity index (χ0n) is 22.5. The van der Waals surface area contributed by atoms with E-state index in [9.17, 15) is 44.1 Å². The highest BCUT2D eigenvalue weighted by Crippen LogP contribution is 2.31. The third kappa shape index (κ3) is 10.9. The Morgan fingerprint density at radius 3 is 2.03 bits per heavy atom. The molecule has 1 unspecified atom stereocenters. The number of unbranched alkanes of at least 4 members (excludes halogenated alkanes) is 1. The van der Waals surface area contributed by atoms with Crippen LogP contribution < -0.4 is 5.32 Å². The van der Waals surface area contributed by atoms with E-state index in [-0.39, 0.29) is 49.6 Å². The van der Waals surface area contributed by atoms with Gasteiger partial charge in [-0.3, -0.25) is 43.5 Å². The molecule has 1 amide bonds. The first-order valence-electron chi connectivity index (χ1n) is 13.3. The summed E-state index contributed by atoms with van der Waals surface area (Å²) in [7, 11) is 0. The van der Waals surface area contributed by atoms with Crippen molar-refractivity contribution in [3.05, 3.63) is 12.2 Å². The lowest BCUT2D eigenvalue weighted by atomic mass is 9.81. The fourth-order valence-corrected chi connectivity index (χ4v) is 5.00. The molecule has 13 nitrogen and oxygen atoms in total. The van der Waals surface area contributed by atoms with E-state index in [0.717, 1.165) is 0 Å². The summed E-state index contributed by atoms with van der Waals surface area (Å²) in [6.07, 6.45) is 5.35. The van der Waals surface area contributed by atoms with Gasteiger partial charge in [0.15, 0.2) is 11.6 Å². The topological polar surface area (TPSA) is 185 Å². The van der Waals surface area contributed by atoms with Crippen molar-refractivity contribution in [1.29, 1.82) is 0 Å². The number of carboxylic acid groups (broad SMARTS) is 3. The van der Waals surface area contributed by atoms with Gasteiger partial charge in [0.2, 0.25) is 5.91 Å². The molecule has 0 radical (unpaired) electrons. The summed E-state index contributed by atoms with van der Waals surface area (Å²) in [5.41, 5.74) is -1.07. The summed E-state index contributed by atoms with van der Waals surface area (Å²) in [5.74, 6) is -3.68. The number of aliphatic carboxylic acids is 3. The highest BCUT2D eigenvalue weighted by Gasteiger charge is 2.41. The van der Waals surface area contributed by atoms with Crippen LogP contribution in [0.15, 0.2) is 12.2 Å². The van der Waals surface area contributed by atoms with Crippen molar-refractivity contribution < 1.29 is 44.1 Å². The Kier molecular flexibility index (Phi) is 12.7. The van der Waals surface area contributed by atoms with Gasteiger partial charge in [-0.15, -0.1) is 0 Å². The molecule has 0 spiro atoms. The van der Waals surface area contributed by atoms with E-state index in [1.54, 1.807) is 21.6 Å². The zero-order chi connectivity index (χ0) is 29.0. The van der Waals surface area contributed by atoms with E-state index < -0.39 is 23.3 Å².